The lowest BCUT2D eigenvalue weighted by molar-refractivity contribution is 0.590. The van der Waals surface area contributed by atoms with Gasteiger partial charge in [0.15, 0.2) is 0 Å². The average Bonchev–Trinajstić information content (AvgIpc) is 3.49. The molecular weight excluding hydrogens is 486 g/mol. The molecule has 0 N–H and O–H groups in total. The van der Waals surface area contributed by atoms with Gasteiger partial charge >= 0.3 is 0 Å². The Morgan fingerprint density at radius 3 is 1.98 bits per heavy atom. The molecule has 8 aromatic rings. The lowest BCUT2D eigenvalue weighted by atomic mass is 9.87. The van der Waals surface area contributed by atoms with Gasteiger partial charge in [0.25, 0.3) is 0 Å². The molecular formula is C37H29N3. The lowest BCUT2D eigenvalue weighted by Gasteiger charge is -2.19. The smallest absolute Gasteiger partial charge is 0.138 e. The van der Waals surface area contributed by atoms with Crippen LogP contribution in [0.3, 0.4) is 0 Å². The monoisotopic (exact) mass is 515 g/mol. The van der Waals surface area contributed by atoms with Crippen LogP contribution in [0.2, 0.25) is 0 Å². The van der Waals surface area contributed by atoms with E-state index in [1.165, 1.54) is 43.8 Å². The topological polar surface area (TPSA) is 22.8 Å². The largest absolute Gasteiger partial charge is 0.309 e. The highest BCUT2D eigenvalue weighted by Crippen LogP contribution is 2.42. The van der Waals surface area contributed by atoms with Gasteiger partial charge in [-0.3, -0.25) is 4.57 Å². The molecule has 40 heavy (non-hydrogen) atoms. The van der Waals surface area contributed by atoms with Gasteiger partial charge in [-0.25, -0.2) is 4.98 Å². The van der Waals surface area contributed by atoms with E-state index in [0.717, 1.165) is 27.8 Å². The van der Waals surface area contributed by atoms with E-state index in [4.69, 9.17) is 4.98 Å². The molecule has 0 radical (unpaired) electrons. The second-order valence-corrected chi connectivity index (χ2v) is 11.7. The molecule has 0 aliphatic rings. The molecule has 8 rings (SSSR count). The van der Waals surface area contributed by atoms with Crippen molar-refractivity contribution in [3.63, 3.8) is 0 Å². The molecule has 3 nitrogen and oxygen atoms in total. The van der Waals surface area contributed by atoms with E-state index < -0.39 is 0 Å². The fraction of sp³-hybridized carbons (Fsp3) is 0.108. The summed E-state index contributed by atoms with van der Waals surface area (Å²) in [5.41, 5.74) is 8.38. The molecule has 0 aliphatic carbocycles. The van der Waals surface area contributed by atoms with E-state index in [1.807, 2.05) is 0 Å². The van der Waals surface area contributed by atoms with E-state index in [1.54, 1.807) is 0 Å². The summed E-state index contributed by atoms with van der Waals surface area (Å²) in [6.07, 6.45) is 0. The van der Waals surface area contributed by atoms with Gasteiger partial charge in [-0.2, -0.15) is 0 Å². The maximum absolute atomic E-state index is 5.11. The average molecular weight is 516 g/mol. The van der Waals surface area contributed by atoms with E-state index in [2.05, 4.69) is 151 Å². The van der Waals surface area contributed by atoms with E-state index in [0.29, 0.717) is 0 Å². The lowest BCUT2D eigenvalue weighted by Crippen LogP contribution is -2.10. The zero-order chi connectivity index (χ0) is 27.0. The Hall–Kier alpha value is -4.89. The molecule has 0 spiro atoms. The van der Waals surface area contributed by atoms with Crippen LogP contribution in [0.15, 0.2) is 121 Å². The third kappa shape index (κ3) is 3.27. The van der Waals surface area contributed by atoms with Crippen LogP contribution < -0.4 is 0 Å². The van der Waals surface area contributed by atoms with E-state index in [9.17, 15) is 0 Å². The highest BCUT2D eigenvalue weighted by Gasteiger charge is 2.21. The van der Waals surface area contributed by atoms with Crippen molar-refractivity contribution in [1.82, 2.24) is 14.1 Å². The minimum absolute atomic E-state index is 0.104. The summed E-state index contributed by atoms with van der Waals surface area (Å²) in [6, 6.07) is 43.8. The number of aromatic nitrogens is 3. The number of hydrogen-bond donors (Lipinski definition) is 0. The number of nitrogens with zero attached hydrogens (tertiary/aromatic N) is 3. The number of hydrogen-bond acceptors (Lipinski definition) is 1. The Labute approximate surface area is 232 Å². The predicted octanol–water partition coefficient (Wildman–Crippen LogP) is 9.73. The number of fused-ring (bicyclic) bond motifs is 8. The number of benzene rings is 5. The van der Waals surface area contributed by atoms with Crippen LogP contribution in [0.1, 0.15) is 26.3 Å². The highest BCUT2D eigenvalue weighted by molar-refractivity contribution is 6.26. The molecule has 0 amide bonds. The van der Waals surface area contributed by atoms with Crippen molar-refractivity contribution >= 4 is 54.5 Å². The van der Waals surface area contributed by atoms with Crippen molar-refractivity contribution in [3.05, 3.63) is 127 Å². The summed E-state index contributed by atoms with van der Waals surface area (Å²) in [5, 5.41) is 6.15. The highest BCUT2D eigenvalue weighted by atomic mass is 15.1. The standard InChI is InChI=1S/C37H29N3/c1-37(2,3)25-17-19-26(20-18-25)39-31-14-8-5-11-27(31)28-21-22-33-35(36(28)39)29-12-6-9-15-32(29)40(33)34-23-16-24-10-4-7-13-30(24)38-34/h4-23H,1-3H3. The van der Waals surface area contributed by atoms with Crippen molar-refractivity contribution in [2.45, 2.75) is 26.2 Å². The number of pyridine rings is 1. The zero-order valence-corrected chi connectivity index (χ0v) is 22.9. The van der Waals surface area contributed by atoms with E-state index in [-0.39, 0.29) is 5.41 Å². The first kappa shape index (κ1) is 23.0. The van der Waals surface area contributed by atoms with Crippen LogP contribution in [0.25, 0.3) is 66.0 Å². The van der Waals surface area contributed by atoms with Crippen molar-refractivity contribution in [2.24, 2.45) is 0 Å². The number of para-hydroxylation sites is 3. The van der Waals surface area contributed by atoms with Crippen LogP contribution >= 0.6 is 0 Å². The van der Waals surface area contributed by atoms with Crippen molar-refractivity contribution in [1.29, 1.82) is 0 Å². The molecule has 0 saturated heterocycles. The predicted molar refractivity (Wildman–Crippen MR) is 169 cm³/mol. The Morgan fingerprint density at radius 2 is 1.20 bits per heavy atom. The van der Waals surface area contributed by atoms with Crippen molar-refractivity contribution < 1.29 is 0 Å². The SMILES string of the molecule is CC(C)(C)c1ccc(-n2c3ccccc3c3ccc4c(c5ccccc5n4-c4ccc5ccccc5n4)c32)cc1. The molecule has 192 valence electrons. The maximum atomic E-state index is 5.11. The molecule has 0 bridgehead atoms. The van der Waals surface area contributed by atoms with Crippen LogP contribution in [0, 0.1) is 0 Å². The first-order valence-electron chi connectivity index (χ1n) is 13.9. The summed E-state index contributed by atoms with van der Waals surface area (Å²) in [6.45, 7) is 6.80. The van der Waals surface area contributed by atoms with Crippen LogP contribution in [0.5, 0.6) is 0 Å². The summed E-state index contributed by atoms with van der Waals surface area (Å²) in [4.78, 5) is 5.11. The maximum Gasteiger partial charge on any atom is 0.138 e. The minimum Gasteiger partial charge on any atom is -0.309 e. The van der Waals surface area contributed by atoms with Gasteiger partial charge in [0, 0.05) is 32.6 Å². The van der Waals surface area contributed by atoms with Crippen LogP contribution in [0.4, 0.5) is 0 Å². The Bertz CT molecular complexity index is 2240. The second kappa shape index (κ2) is 8.30. The zero-order valence-electron chi connectivity index (χ0n) is 22.9. The molecule has 0 fully saturated rings. The number of rotatable bonds is 2. The van der Waals surface area contributed by atoms with Crippen molar-refractivity contribution in [2.75, 3.05) is 0 Å². The first-order chi connectivity index (χ1) is 19.5. The first-order valence-corrected chi connectivity index (χ1v) is 13.9. The van der Waals surface area contributed by atoms with Gasteiger partial charge in [0.1, 0.15) is 5.82 Å². The summed E-state index contributed by atoms with van der Waals surface area (Å²) in [5.74, 6) is 0.932. The normalized spacial score (nSPS) is 12.4. The van der Waals surface area contributed by atoms with Gasteiger partial charge in [-0.15, -0.1) is 0 Å². The summed E-state index contributed by atoms with van der Waals surface area (Å²) in [7, 11) is 0. The fourth-order valence-corrected chi connectivity index (χ4v) is 6.31. The molecule has 0 atom stereocenters. The molecule has 0 saturated carbocycles. The molecule has 3 heteroatoms. The van der Waals surface area contributed by atoms with E-state index >= 15 is 0 Å². The Kier molecular flexibility index (Phi) is 4.78. The Balaban J connectivity index is 1.52. The van der Waals surface area contributed by atoms with Gasteiger partial charge < -0.3 is 4.57 Å². The summed E-state index contributed by atoms with van der Waals surface area (Å²) < 4.78 is 4.77. The van der Waals surface area contributed by atoms with Crippen LogP contribution in [-0.4, -0.2) is 14.1 Å². The van der Waals surface area contributed by atoms with Crippen LogP contribution in [-0.2, 0) is 5.41 Å². The third-order valence-corrected chi connectivity index (χ3v) is 8.27. The second-order valence-electron chi connectivity index (χ2n) is 11.7. The third-order valence-electron chi connectivity index (χ3n) is 8.27. The molecule has 3 aromatic heterocycles. The fourth-order valence-electron chi connectivity index (χ4n) is 6.31. The van der Waals surface area contributed by atoms with Gasteiger partial charge in [0.2, 0.25) is 0 Å². The molecule has 5 aromatic carbocycles. The minimum atomic E-state index is 0.104. The molecule has 3 heterocycles. The summed E-state index contributed by atoms with van der Waals surface area (Å²) >= 11 is 0. The van der Waals surface area contributed by atoms with Gasteiger partial charge in [-0.05, 0) is 59.5 Å². The molecule has 0 aliphatic heterocycles. The van der Waals surface area contributed by atoms with Crippen molar-refractivity contribution in [3.8, 4) is 11.5 Å². The van der Waals surface area contributed by atoms with Gasteiger partial charge in [-0.1, -0.05) is 93.6 Å². The quantitative estimate of drug-likeness (QED) is 0.225. The van der Waals surface area contributed by atoms with Gasteiger partial charge in [0.05, 0.1) is 27.6 Å². The molecule has 0 unspecified atom stereocenters. The Morgan fingerprint density at radius 1 is 0.525 bits per heavy atom.